The van der Waals surface area contributed by atoms with E-state index < -0.39 is 12.0 Å². The zero-order chi connectivity index (χ0) is 28.4. The molecule has 2 heterocycles. The molecule has 0 amide bonds. The molecule has 0 radical (unpaired) electrons. The highest BCUT2D eigenvalue weighted by Gasteiger charge is 2.21. The monoisotopic (exact) mass is 567 g/mol. The number of hydrogen-bond acceptors (Lipinski definition) is 7. The van der Waals surface area contributed by atoms with E-state index in [0.717, 1.165) is 44.4 Å². The first-order chi connectivity index (χ1) is 20.1. The van der Waals surface area contributed by atoms with Gasteiger partial charge in [-0.1, -0.05) is 78.9 Å². The Morgan fingerprint density at radius 3 is 2.24 bits per heavy atom. The van der Waals surface area contributed by atoms with E-state index >= 15 is 0 Å². The lowest BCUT2D eigenvalue weighted by atomic mass is 10.1. The molecule has 0 fully saturated rings. The van der Waals surface area contributed by atoms with E-state index in [2.05, 4.69) is 10.3 Å². The van der Waals surface area contributed by atoms with E-state index in [1.807, 2.05) is 91.2 Å². The molecular weight excluding hydrogens is 534 g/mol. The van der Waals surface area contributed by atoms with Gasteiger partial charge in [0, 0.05) is 29.3 Å². The van der Waals surface area contributed by atoms with Gasteiger partial charge in [0.1, 0.15) is 24.9 Å². The Bertz CT molecular complexity index is 1610. The largest absolute Gasteiger partial charge is 0.460 e. The topological polar surface area (TPSA) is 93.3 Å². The maximum Gasteiger partial charge on any atom is 0.357 e. The first kappa shape index (κ1) is 28.4. The predicted molar refractivity (Wildman–Crippen MR) is 164 cm³/mol. The fraction of sp³-hybridized carbons (Fsp3) is 0.242. The summed E-state index contributed by atoms with van der Waals surface area (Å²) in [6, 6.07) is 28.6. The van der Waals surface area contributed by atoms with Crippen LogP contribution < -0.4 is 5.32 Å². The number of carbonyl (C=O) groups excluding carboxylic acids is 2. The third-order valence-electron chi connectivity index (χ3n) is 6.86. The van der Waals surface area contributed by atoms with Crippen LogP contribution in [0.1, 0.15) is 33.7 Å². The summed E-state index contributed by atoms with van der Waals surface area (Å²) in [4.78, 5) is 34.2. The number of benzene rings is 3. The Morgan fingerprint density at radius 1 is 0.878 bits per heavy atom. The zero-order valence-corrected chi connectivity index (χ0v) is 23.8. The van der Waals surface area contributed by atoms with E-state index in [1.54, 1.807) is 17.8 Å². The third kappa shape index (κ3) is 7.34. The Hall–Kier alpha value is -4.14. The smallest absolute Gasteiger partial charge is 0.357 e. The molecule has 0 saturated heterocycles. The van der Waals surface area contributed by atoms with Gasteiger partial charge in [-0.3, -0.25) is 4.79 Å². The lowest BCUT2D eigenvalue weighted by molar-refractivity contribution is -0.147. The van der Waals surface area contributed by atoms with Crippen LogP contribution in [0.2, 0.25) is 0 Å². The summed E-state index contributed by atoms with van der Waals surface area (Å²) in [6.45, 7) is 0.896. The molecule has 0 aliphatic heterocycles. The first-order valence-corrected chi connectivity index (χ1v) is 15.1. The van der Waals surface area contributed by atoms with Crippen LogP contribution >= 0.6 is 11.8 Å². The van der Waals surface area contributed by atoms with Crippen molar-refractivity contribution in [3.8, 4) is 0 Å². The number of ether oxygens (including phenoxy) is 2. The molecule has 8 heteroatoms. The van der Waals surface area contributed by atoms with Gasteiger partial charge in [0.2, 0.25) is 0 Å². The average Bonchev–Trinajstić information content (AvgIpc) is 3.40. The molecule has 210 valence electrons. The highest BCUT2D eigenvalue weighted by molar-refractivity contribution is 7.98. The van der Waals surface area contributed by atoms with Crippen LogP contribution in [0, 0.1) is 0 Å². The van der Waals surface area contributed by atoms with Gasteiger partial charge in [0.25, 0.3) is 0 Å². The summed E-state index contributed by atoms with van der Waals surface area (Å²) in [5.41, 5.74) is 4.70. The van der Waals surface area contributed by atoms with Gasteiger partial charge in [-0.2, -0.15) is 11.8 Å². The van der Waals surface area contributed by atoms with Gasteiger partial charge < -0.3 is 19.8 Å². The highest BCUT2D eigenvalue weighted by atomic mass is 32.2. The summed E-state index contributed by atoms with van der Waals surface area (Å²) < 4.78 is 11.2. The number of aromatic amines is 1. The number of fused-ring (bicyclic) bond motifs is 3. The number of hydrogen-bond donors (Lipinski definition) is 2. The quantitative estimate of drug-likeness (QED) is 0.167. The molecule has 41 heavy (non-hydrogen) atoms. The summed E-state index contributed by atoms with van der Waals surface area (Å²) >= 11 is 1.69. The van der Waals surface area contributed by atoms with Crippen molar-refractivity contribution in [3.05, 3.63) is 114 Å². The van der Waals surface area contributed by atoms with Crippen LogP contribution in [0.4, 0.5) is 0 Å². The van der Waals surface area contributed by atoms with Crippen molar-refractivity contribution >= 4 is 45.5 Å². The van der Waals surface area contributed by atoms with Gasteiger partial charge in [-0.15, -0.1) is 0 Å². The number of nitrogens with one attached hydrogen (secondary N) is 2. The molecule has 7 nitrogen and oxygen atoms in total. The molecule has 2 aromatic heterocycles. The Labute approximate surface area is 243 Å². The van der Waals surface area contributed by atoms with Gasteiger partial charge in [-0.05, 0) is 41.7 Å². The molecule has 2 N–H and O–H groups in total. The normalized spacial score (nSPS) is 11.9. The van der Waals surface area contributed by atoms with Gasteiger partial charge in [0.15, 0.2) is 0 Å². The summed E-state index contributed by atoms with van der Waals surface area (Å²) in [6.07, 6.45) is 3.17. The van der Waals surface area contributed by atoms with Gasteiger partial charge in [0.05, 0.1) is 11.2 Å². The Morgan fingerprint density at radius 2 is 1.54 bits per heavy atom. The van der Waals surface area contributed by atoms with Crippen LogP contribution in [0.3, 0.4) is 0 Å². The van der Waals surface area contributed by atoms with Gasteiger partial charge >= 0.3 is 11.9 Å². The zero-order valence-electron chi connectivity index (χ0n) is 23.0. The van der Waals surface area contributed by atoms with Crippen molar-refractivity contribution in [1.29, 1.82) is 0 Å². The lowest BCUT2D eigenvalue weighted by Gasteiger charge is -2.17. The summed E-state index contributed by atoms with van der Waals surface area (Å²) in [5.74, 6) is 0.0770. The number of para-hydroxylation sites is 1. The fourth-order valence-corrected chi connectivity index (χ4v) is 5.20. The van der Waals surface area contributed by atoms with E-state index in [9.17, 15) is 9.59 Å². The summed E-state index contributed by atoms with van der Waals surface area (Å²) in [7, 11) is 0. The molecule has 5 aromatic rings. The van der Waals surface area contributed by atoms with Crippen molar-refractivity contribution in [1.82, 2.24) is 15.3 Å². The van der Waals surface area contributed by atoms with E-state index in [0.29, 0.717) is 19.4 Å². The minimum Gasteiger partial charge on any atom is -0.460 e. The van der Waals surface area contributed by atoms with E-state index in [-0.39, 0.29) is 24.9 Å². The third-order valence-corrected chi connectivity index (χ3v) is 7.51. The van der Waals surface area contributed by atoms with E-state index in [1.165, 1.54) is 0 Å². The number of aromatic nitrogens is 2. The van der Waals surface area contributed by atoms with Gasteiger partial charge in [-0.25, -0.2) is 9.78 Å². The Kier molecular flexibility index (Phi) is 9.67. The Balaban J connectivity index is 1.32. The minimum atomic E-state index is -0.474. The molecule has 1 atom stereocenters. The van der Waals surface area contributed by atoms with Crippen LogP contribution in [0.25, 0.3) is 21.8 Å². The molecule has 0 unspecified atom stereocenters. The highest BCUT2D eigenvalue weighted by Crippen LogP contribution is 2.28. The first-order valence-electron chi connectivity index (χ1n) is 13.7. The molecule has 0 saturated carbocycles. The van der Waals surface area contributed by atoms with E-state index in [4.69, 9.17) is 14.5 Å². The second-order valence-electron chi connectivity index (χ2n) is 9.74. The lowest BCUT2D eigenvalue weighted by Crippen LogP contribution is -2.39. The van der Waals surface area contributed by atoms with Crippen LogP contribution in [-0.4, -0.2) is 46.5 Å². The number of pyridine rings is 1. The number of carbonyl (C=O) groups is 2. The van der Waals surface area contributed by atoms with Crippen molar-refractivity contribution < 1.29 is 19.1 Å². The molecule has 0 spiro atoms. The second-order valence-corrected chi connectivity index (χ2v) is 10.7. The molecule has 5 rings (SSSR count). The molecule has 0 aliphatic carbocycles. The molecular formula is C33H33N3O4S. The maximum absolute atomic E-state index is 13.1. The summed E-state index contributed by atoms with van der Waals surface area (Å²) in [5, 5.41) is 5.30. The second kappa shape index (κ2) is 14.0. The van der Waals surface area contributed by atoms with Crippen LogP contribution in [0.15, 0.2) is 91.0 Å². The van der Waals surface area contributed by atoms with Crippen molar-refractivity contribution in [2.75, 3.05) is 18.6 Å². The van der Waals surface area contributed by atoms with Crippen LogP contribution in [-0.2, 0) is 33.9 Å². The number of rotatable bonds is 13. The molecule has 3 aromatic carbocycles. The fourth-order valence-electron chi connectivity index (χ4n) is 4.73. The van der Waals surface area contributed by atoms with Crippen molar-refractivity contribution in [2.24, 2.45) is 0 Å². The molecule has 0 bridgehead atoms. The van der Waals surface area contributed by atoms with Crippen molar-refractivity contribution in [2.45, 2.75) is 32.1 Å². The predicted octanol–water partition coefficient (Wildman–Crippen LogP) is 6.07. The number of H-pyrrole nitrogens is 1. The maximum atomic E-state index is 13.1. The van der Waals surface area contributed by atoms with Crippen LogP contribution in [0.5, 0.6) is 0 Å². The average molecular weight is 568 g/mol. The molecule has 0 aliphatic rings. The minimum absolute atomic E-state index is 0.173. The number of nitrogens with zero attached hydrogens (tertiary/aromatic N) is 1. The van der Waals surface area contributed by atoms with Crippen molar-refractivity contribution in [3.63, 3.8) is 0 Å². The number of esters is 2. The SMILES string of the molecule is CSCC[C@H](NCCc1nc(C(=O)OCc2ccccc2)cc2c1[nH]c1ccccc12)C(=O)OCc1ccccc1. The standard InChI is InChI=1S/C33H33N3O4S/c1-41-19-17-29(32(37)39-21-23-10-4-2-5-11-23)34-18-16-28-31-26(25-14-8-9-15-27(25)36-31)20-30(35-28)33(38)40-22-24-12-6-3-7-13-24/h2-15,20,29,34,36H,16-19,21-22H2,1H3/t29-/m0/s1. The number of thioether (sulfide) groups is 1.